The van der Waals surface area contributed by atoms with Crippen LogP contribution in [0.5, 0.6) is 0 Å². The van der Waals surface area contributed by atoms with Crippen molar-refractivity contribution in [3.63, 3.8) is 0 Å². The Hall–Kier alpha value is -5.03. The molecule has 0 aliphatic rings. The predicted molar refractivity (Wildman–Crippen MR) is 174 cm³/mol. The highest BCUT2D eigenvalue weighted by Crippen LogP contribution is 2.39. The van der Waals surface area contributed by atoms with Crippen LogP contribution in [-0.2, 0) is 12.8 Å². The first-order valence-electron chi connectivity index (χ1n) is 14.9. The fourth-order valence-corrected chi connectivity index (χ4v) is 6.53. The zero-order chi connectivity index (χ0) is 28.2. The van der Waals surface area contributed by atoms with Gasteiger partial charge in [-0.3, -0.25) is 9.55 Å². The first-order valence-corrected chi connectivity index (χ1v) is 14.9. The first kappa shape index (κ1) is 24.7. The van der Waals surface area contributed by atoms with E-state index in [9.17, 15) is 0 Å². The van der Waals surface area contributed by atoms with E-state index < -0.39 is 0 Å². The van der Waals surface area contributed by atoms with Gasteiger partial charge in [-0.25, -0.2) is 9.97 Å². The third-order valence-corrected chi connectivity index (χ3v) is 8.35. The Morgan fingerprint density at radius 3 is 1.88 bits per heavy atom. The van der Waals surface area contributed by atoms with E-state index in [0.717, 1.165) is 76.2 Å². The maximum Gasteiger partial charge on any atom is 0.235 e. The molecule has 5 heteroatoms. The molecule has 0 saturated carbocycles. The van der Waals surface area contributed by atoms with Crippen molar-refractivity contribution in [1.29, 1.82) is 0 Å². The van der Waals surface area contributed by atoms with Crippen LogP contribution < -0.4 is 0 Å². The highest BCUT2D eigenvalue weighted by molar-refractivity contribution is 6.19. The molecule has 0 unspecified atom stereocenters. The van der Waals surface area contributed by atoms with Gasteiger partial charge in [0.15, 0.2) is 0 Å². The van der Waals surface area contributed by atoms with Gasteiger partial charge >= 0.3 is 0 Å². The number of benzene rings is 4. The quantitative estimate of drug-likeness (QED) is 0.209. The van der Waals surface area contributed by atoms with Gasteiger partial charge in [-0.05, 0) is 61.4 Å². The monoisotopic (exact) mass is 545 g/mol. The van der Waals surface area contributed by atoms with Crippen LogP contribution in [0.1, 0.15) is 38.1 Å². The third-order valence-electron chi connectivity index (χ3n) is 8.35. The molecule has 0 atom stereocenters. The molecule has 8 aromatic rings. The second-order valence-corrected chi connectivity index (χ2v) is 11.1. The summed E-state index contributed by atoms with van der Waals surface area (Å²) in [6.45, 7) is 4.42. The number of nitrogens with zero attached hydrogens (tertiary/aromatic N) is 5. The predicted octanol–water partition coefficient (Wildman–Crippen LogP) is 9.12. The Balaban J connectivity index is 1.49. The van der Waals surface area contributed by atoms with Crippen LogP contribution in [0.3, 0.4) is 0 Å². The fraction of sp³-hybridized carbons (Fsp3) is 0.162. The first-order chi connectivity index (χ1) is 20.7. The van der Waals surface area contributed by atoms with E-state index in [1.54, 1.807) is 0 Å². The van der Waals surface area contributed by atoms with Crippen molar-refractivity contribution in [3.05, 3.63) is 115 Å². The van der Waals surface area contributed by atoms with Crippen LogP contribution in [0.2, 0.25) is 0 Å². The van der Waals surface area contributed by atoms with E-state index in [2.05, 4.69) is 119 Å². The minimum Gasteiger partial charge on any atom is -0.309 e. The van der Waals surface area contributed by atoms with Gasteiger partial charge in [0.1, 0.15) is 0 Å². The zero-order valence-electron chi connectivity index (χ0n) is 23.9. The maximum absolute atomic E-state index is 5.12. The smallest absolute Gasteiger partial charge is 0.235 e. The number of aromatic nitrogens is 5. The third kappa shape index (κ3) is 3.81. The Bertz CT molecular complexity index is 2260. The highest BCUT2D eigenvalue weighted by atomic mass is 15.2. The summed E-state index contributed by atoms with van der Waals surface area (Å²) in [5.41, 5.74) is 8.87. The number of fused-ring (bicyclic) bond motifs is 7. The minimum atomic E-state index is 0.757. The molecular formula is C37H31N5. The van der Waals surface area contributed by atoms with Gasteiger partial charge in [-0.2, -0.15) is 0 Å². The van der Waals surface area contributed by atoms with Crippen LogP contribution in [0.25, 0.3) is 66.2 Å². The molecule has 0 saturated heterocycles. The minimum absolute atomic E-state index is 0.757. The van der Waals surface area contributed by atoms with Gasteiger partial charge in [0.2, 0.25) is 5.95 Å². The number of aryl methyl sites for hydroxylation is 2. The van der Waals surface area contributed by atoms with Crippen LogP contribution in [0.15, 0.2) is 103 Å². The number of hydrogen-bond donors (Lipinski definition) is 0. The molecule has 4 aromatic carbocycles. The molecule has 0 N–H and O–H groups in total. The molecule has 0 aliphatic carbocycles. The Morgan fingerprint density at radius 1 is 0.548 bits per heavy atom. The molecule has 4 aromatic heterocycles. The standard InChI is InChI=1S/C37H31N5/c1-3-10-25-20-26(11-4-2)40-37(39-25)42-34-16-8-6-14-29(34)31-22-30-28-13-5-7-15-33(28)41(35(30)23-36(31)42)27-18-17-24-12-9-19-38-32(24)21-27/h5-9,12-23H,3-4,10-11H2,1-2H3. The number of pyridine rings is 1. The summed E-state index contributed by atoms with van der Waals surface area (Å²) in [5.74, 6) is 0.757. The van der Waals surface area contributed by atoms with Crippen LogP contribution in [0, 0.1) is 0 Å². The van der Waals surface area contributed by atoms with E-state index in [-0.39, 0.29) is 0 Å². The van der Waals surface area contributed by atoms with Crippen LogP contribution in [-0.4, -0.2) is 24.1 Å². The Morgan fingerprint density at radius 2 is 1.19 bits per heavy atom. The van der Waals surface area contributed by atoms with Gasteiger partial charge < -0.3 is 4.57 Å². The van der Waals surface area contributed by atoms with Crippen molar-refractivity contribution >= 4 is 54.5 Å². The van der Waals surface area contributed by atoms with E-state index in [4.69, 9.17) is 9.97 Å². The summed E-state index contributed by atoms with van der Waals surface area (Å²) in [4.78, 5) is 14.9. The van der Waals surface area contributed by atoms with E-state index in [1.165, 1.54) is 27.1 Å². The number of para-hydroxylation sites is 2. The van der Waals surface area contributed by atoms with Crippen molar-refractivity contribution in [1.82, 2.24) is 24.1 Å². The highest BCUT2D eigenvalue weighted by Gasteiger charge is 2.20. The van der Waals surface area contributed by atoms with Gasteiger partial charge in [-0.1, -0.05) is 75.2 Å². The van der Waals surface area contributed by atoms with E-state index in [0.29, 0.717) is 0 Å². The van der Waals surface area contributed by atoms with Crippen LogP contribution in [0.4, 0.5) is 0 Å². The molecule has 204 valence electrons. The average Bonchev–Trinajstić information content (AvgIpc) is 3.52. The summed E-state index contributed by atoms with van der Waals surface area (Å²) >= 11 is 0. The van der Waals surface area contributed by atoms with Crippen molar-refractivity contribution < 1.29 is 0 Å². The SMILES string of the molecule is CCCc1cc(CCC)nc(-n2c3ccccc3c3cc4c5ccccc5n(-c5ccc6cccnc6c5)c4cc32)n1. The van der Waals surface area contributed by atoms with E-state index >= 15 is 0 Å². The second kappa shape index (κ2) is 9.81. The second-order valence-electron chi connectivity index (χ2n) is 11.1. The number of hydrogen-bond acceptors (Lipinski definition) is 3. The largest absolute Gasteiger partial charge is 0.309 e. The lowest BCUT2D eigenvalue weighted by Gasteiger charge is -2.12. The summed E-state index contributed by atoms with van der Waals surface area (Å²) in [5, 5.41) is 6.02. The van der Waals surface area contributed by atoms with Gasteiger partial charge in [0.05, 0.1) is 27.6 Å². The van der Waals surface area contributed by atoms with E-state index in [1.807, 2.05) is 12.3 Å². The summed E-state index contributed by atoms with van der Waals surface area (Å²) < 4.78 is 4.64. The molecule has 5 nitrogen and oxygen atoms in total. The Kier molecular flexibility index (Phi) is 5.78. The Labute approximate surface area is 244 Å². The lowest BCUT2D eigenvalue weighted by molar-refractivity contribution is 0.808. The molecule has 0 radical (unpaired) electrons. The van der Waals surface area contributed by atoms with Crippen molar-refractivity contribution in [2.45, 2.75) is 39.5 Å². The van der Waals surface area contributed by atoms with Crippen molar-refractivity contribution in [2.24, 2.45) is 0 Å². The number of rotatable bonds is 6. The summed E-state index contributed by atoms with van der Waals surface area (Å²) in [6, 6.07) is 34.9. The molecule has 0 aliphatic heterocycles. The topological polar surface area (TPSA) is 48.5 Å². The lowest BCUT2D eigenvalue weighted by Crippen LogP contribution is -2.07. The fourth-order valence-electron chi connectivity index (χ4n) is 6.53. The molecule has 0 bridgehead atoms. The molecular weight excluding hydrogens is 514 g/mol. The van der Waals surface area contributed by atoms with Crippen LogP contribution >= 0.6 is 0 Å². The molecule has 0 spiro atoms. The van der Waals surface area contributed by atoms with Gasteiger partial charge in [0.25, 0.3) is 0 Å². The zero-order valence-corrected chi connectivity index (χ0v) is 23.9. The summed E-state index contributed by atoms with van der Waals surface area (Å²) in [6.07, 6.45) is 5.85. The normalized spacial score (nSPS) is 12.0. The molecule has 0 fully saturated rings. The average molecular weight is 546 g/mol. The lowest BCUT2D eigenvalue weighted by atomic mass is 10.1. The molecule has 4 heterocycles. The summed E-state index contributed by atoms with van der Waals surface area (Å²) in [7, 11) is 0. The molecule has 0 amide bonds. The molecule has 42 heavy (non-hydrogen) atoms. The van der Waals surface area contributed by atoms with Gasteiger partial charge in [0, 0.05) is 50.2 Å². The van der Waals surface area contributed by atoms with Gasteiger partial charge in [-0.15, -0.1) is 0 Å². The molecule has 8 rings (SSSR count). The van der Waals surface area contributed by atoms with Crippen molar-refractivity contribution in [3.8, 4) is 11.6 Å². The van der Waals surface area contributed by atoms with Crippen molar-refractivity contribution in [2.75, 3.05) is 0 Å². The maximum atomic E-state index is 5.12.